The van der Waals surface area contributed by atoms with Crippen molar-refractivity contribution in [3.8, 4) is 0 Å². The van der Waals surface area contributed by atoms with E-state index in [0.29, 0.717) is 63.4 Å². The first-order valence-corrected chi connectivity index (χ1v) is 15.8. The maximum absolute atomic E-state index is 14.0. The van der Waals surface area contributed by atoms with Gasteiger partial charge in [0, 0.05) is 21.9 Å². The molecule has 10 heteroatoms. The van der Waals surface area contributed by atoms with Crippen LogP contribution in [0.1, 0.15) is 92.8 Å². The third-order valence-electron chi connectivity index (χ3n) is 9.94. The van der Waals surface area contributed by atoms with Gasteiger partial charge in [-0.3, -0.25) is 9.59 Å². The highest BCUT2D eigenvalue weighted by Gasteiger charge is 2.30. The van der Waals surface area contributed by atoms with Gasteiger partial charge < -0.3 is 31.1 Å². The van der Waals surface area contributed by atoms with Crippen molar-refractivity contribution in [2.45, 2.75) is 75.7 Å². The predicted molar refractivity (Wildman–Crippen MR) is 173 cm³/mol. The lowest BCUT2D eigenvalue weighted by molar-refractivity contribution is 0.0695. The molecule has 2 amide bonds. The zero-order valence-corrected chi connectivity index (χ0v) is 25.0. The summed E-state index contributed by atoms with van der Waals surface area (Å²) in [6, 6.07) is 11.9. The Morgan fingerprint density at radius 3 is 1.15 bits per heavy atom. The molecule has 5 aromatic carbocycles. The highest BCUT2D eigenvalue weighted by atomic mass is 16.4. The van der Waals surface area contributed by atoms with E-state index in [1.165, 1.54) is 12.1 Å². The van der Waals surface area contributed by atoms with Crippen molar-refractivity contribution < 1.29 is 39.6 Å². The molecule has 2 aliphatic rings. The molecule has 0 aliphatic heterocycles. The fraction of sp³-hybridized carbons (Fsp3) is 0.333. The smallest absolute Gasteiger partial charge is 0.336 e. The second-order valence-corrected chi connectivity index (χ2v) is 12.6. The van der Waals surface area contributed by atoms with E-state index in [-0.39, 0.29) is 27.6 Å². The minimum absolute atomic E-state index is 0.106. The van der Waals surface area contributed by atoms with Crippen LogP contribution in [-0.4, -0.2) is 68.5 Å². The first-order valence-electron chi connectivity index (χ1n) is 15.8. The molecular weight excluding hydrogens is 588 g/mol. The van der Waals surface area contributed by atoms with Crippen LogP contribution in [0.4, 0.5) is 0 Å². The number of hydrogen-bond donors (Lipinski definition) is 6. The molecule has 236 valence electrons. The van der Waals surface area contributed by atoms with Gasteiger partial charge in [0.05, 0.1) is 35.4 Å². The average Bonchev–Trinajstić information content (AvgIpc) is 3.04. The number of amides is 2. The number of hydrogen-bond acceptors (Lipinski definition) is 6. The molecular formula is C36H34N2O8. The van der Waals surface area contributed by atoms with Gasteiger partial charge in [0.1, 0.15) is 0 Å². The van der Waals surface area contributed by atoms with Gasteiger partial charge in [-0.25, -0.2) is 9.59 Å². The van der Waals surface area contributed by atoms with Crippen molar-refractivity contribution >= 4 is 66.8 Å². The van der Waals surface area contributed by atoms with Crippen LogP contribution in [0.5, 0.6) is 0 Å². The van der Waals surface area contributed by atoms with Crippen LogP contribution < -0.4 is 10.6 Å². The molecule has 0 aromatic heterocycles. The van der Waals surface area contributed by atoms with Gasteiger partial charge in [-0.1, -0.05) is 49.9 Å². The monoisotopic (exact) mass is 622 g/mol. The number of aliphatic hydroxyl groups excluding tert-OH is 2. The van der Waals surface area contributed by atoms with E-state index in [4.69, 9.17) is 0 Å². The van der Waals surface area contributed by atoms with Gasteiger partial charge in [-0.2, -0.15) is 0 Å². The number of carboxylic acids is 2. The molecule has 0 radical (unpaired) electrons. The first kappa shape index (κ1) is 29.9. The van der Waals surface area contributed by atoms with E-state index in [2.05, 4.69) is 10.6 Å². The highest BCUT2D eigenvalue weighted by molar-refractivity contribution is 6.38. The highest BCUT2D eigenvalue weighted by Crippen LogP contribution is 2.44. The van der Waals surface area contributed by atoms with Crippen molar-refractivity contribution in [2.75, 3.05) is 0 Å². The minimum atomic E-state index is -1.25. The van der Waals surface area contributed by atoms with Crippen LogP contribution in [-0.2, 0) is 0 Å². The summed E-state index contributed by atoms with van der Waals surface area (Å²) in [4.78, 5) is 52.4. The van der Waals surface area contributed by atoms with E-state index in [9.17, 15) is 39.6 Å². The summed E-state index contributed by atoms with van der Waals surface area (Å²) >= 11 is 0. The fourth-order valence-electron chi connectivity index (χ4n) is 7.68. The number of carboxylic acid groups (broad SMARTS) is 2. The number of benzene rings is 5. The lowest BCUT2D eigenvalue weighted by atomic mass is 9.84. The van der Waals surface area contributed by atoms with Gasteiger partial charge in [-0.05, 0) is 82.3 Å². The molecule has 5 aromatic rings. The summed E-state index contributed by atoms with van der Waals surface area (Å²) in [7, 11) is 0. The topological polar surface area (TPSA) is 173 Å². The van der Waals surface area contributed by atoms with E-state index in [1.54, 1.807) is 36.4 Å². The third-order valence-corrected chi connectivity index (χ3v) is 9.94. The van der Waals surface area contributed by atoms with E-state index < -0.39 is 48.0 Å². The molecule has 0 spiro atoms. The standard InChI is InChI=1S/C36H34N2O8/c39-27-7-3-1-5-25(27)37-33(41)21-13-9-17-19-11-15-23(35(43)44)32-24(36(45)46)16-12-20(30(19)32)18-10-14-22(31(21)29(17)18)34(42)38-26-6-2-4-8-28(26)40/h9-16,25-28,39-40H,1-8H2,(H,37,41)(H,38,42)(H,43,44)(H,45,46). The van der Waals surface area contributed by atoms with Crippen molar-refractivity contribution in [1.82, 2.24) is 10.6 Å². The molecule has 0 heterocycles. The van der Waals surface area contributed by atoms with Crippen LogP contribution in [0, 0.1) is 0 Å². The molecule has 4 unspecified atom stereocenters. The van der Waals surface area contributed by atoms with E-state index >= 15 is 0 Å². The Hall–Kier alpha value is -4.80. The Morgan fingerprint density at radius 2 is 0.804 bits per heavy atom. The van der Waals surface area contributed by atoms with Crippen LogP contribution in [0.2, 0.25) is 0 Å². The summed E-state index contributed by atoms with van der Waals surface area (Å²) in [6.07, 6.45) is 4.60. The zero-order chi connectivity index (χ0) is 32.3. The predicted octanol–water partition coefficient (Wildman–Crippen LogP) is 5.20. The number of carbonyl (C=O) groups is 4. The summed E-state index contributed by atoms with van der Waals surface area (Å²) in [5.41, 5.74) is 0.219. The van der Waals surface area contributed by atoms with E-state index in [0.717, 1.165) is 25.7 Å². The average molecular weight is 623 g/mol. The summed E-state index contributed by atoms with van der Waals surface area (Å²) < 4.78 is 0. The molecule has 10 nitrogen and oxygen atoms in total. The second-order valence-electron chi connectivity index (χ2n) is 12.6. The lowest BCUT2D eigenvalue weighted by Gasteiger charge is -2.29. The molecule has 0 bridgehead atoms. The normalized spacial score (nSPS) is 22.0. The van der Waals surface area contributed by atoms with Crippen LogP contribution >= 0.6 is 0 Å². The number of carbonyl (C=O) groups excluding carboxylic acids is 2. The first-order chi connectivity index (χ1) is 22.2. The molecule has 2 saturated carbocycles. The Kier molecular flexibility index (Phi) is 7.49. The fourth-order valence-corrected chi connectivity index (χ4v) is 7.68. The van der Waals surface area contributed by atoms with E-state index in [1.807, 2.05) is 0 Å². The SMILES string of the molecule is O=C(O)c1ccc2c3ccc(C(=O)NC4CCCCC4O)c4c(C(=O)NC5CCCCC5O)ccc(c5ccc(C(=O)O)c1c25)c43. The lowest BCUT2D eigenvalue weighted by Crippen LogP contribution is -2.45. The summed E-state index contributed by atoms with van der Waals surface area (Å²) in [6.45, 7) is 0. The summed E-state index contributed by atoms with van der Waals surface area (Å²) in [5, 5.41) is 51.2. The number of rotatable bonds is 6. The van der Waals surface area contributed by atoms with Crippen LogP contribution in [0.25, 0.3) is 43.1 Å². The van der Waals surface area contributed by atoms with Crippen molar-refractivity contribution in [2.24, 2.45) is 0 Å². The molecule has 2 aliphatic carbocycles. The van der Waals surface area contributed by atoms with Gasteiger partial charge in [0.2, 0.25) is 0 Å². The van der Waals surface area contributed by atoms with Gasteiger partial charge in [-0.15, -0.1) is 0 Å². The number of aromatic carboxylic acids is 2. The van der Waals surface area contributed by atoms with Crippen molar-refractivity contribution in [3.05, 3.63) is 70.8 Å². The maximum atomic E-state index is 14.0. The quantitative estimate of drug-likeness (QED) is 0.111. The van der Waals surface area contributed by atoms with Gasteiger partial charge in [0.15, 0.2) is 0 Å². The molecule has 46 heavy (non-hydrogen) atoms. The van der Waals surface area contributed by atoms with Crippen LogP contribution in [0.3, 0.4) is 0 Å². The number of fused-ring (bicyclic) bond motifs is 2. The van der Waals surface area contributed by atoms with Crippen LogP contribution in [0.15, 0.2) is 48.5 Å². The molecule has 4 atom stereocenters. The largest absolute Gasteiger partial charge is 0.478 e. The zero-order valence-electron chi connectivity index (χ0n) is 25.0. The molecule has 6 N–H and O–H groups in total. The number of nitrogens with one attached hydrogen (secondary N) is 2. The number of aliphatic hydroxyl groups is 2. The minimum Gasteiger partial charge on any atom is -0.478 e. The molecule has 2 fully saturated rings. The molecule has 7 rings (SSSR count). The van der Waals surface area contributed by atoms with Crippen molar-refractivity contribution in [1.29, 1.82) is 0 Å². The second kappa shape index (κ2) is 11.5. The Morgan fingerprint density at radius 1 is 0.478 bits per heavy atom. The Bertz CT molecular complexity index is 1930. The van der Waals surface area contributed by atoms with Gasteiger partial charge in [0.25, 0.3) is 11.8 Å². The van der Waals surface area contributed by atoms with Gasteiger partial charge >= 0.3 is 11.9 Å². The Labute approximate surface area is 263 Å². The Balaban J connectivity index is 1.51. The summed E-state index contributed by atoms with van der Waals surface area (Å²) in [5.74, 6) is -3.37. The van der Waals surface area contributed by atoms with Crippen molar-refractivity contribution in [3.63, 3.8) is 0 Å². The third kappa shape index (κ3) is 4.80. The molecule has 0 saturated heterocycles. The maximum Gasteiger partial charge on any atom is 0.336 e.